The zero-order chi connectivity index (χ0) is 7.72. The summed E-state index contributed by atoms with van der Waals surface area (Å²) in [6.45, 7) is 1.43. The fourth-order valence-corrected chi connectivity index (χ4v) is 0.663. The van der Waals surface area contributed by atoms with E-state index in [4.69, 9.17) is 0 Å². The van der Waals surface area contributed by atoms with E-state index in [1.165, 1.54) is 6.92 Å². The summed E-state index contributed by atoms with van der Waals surface area (Å²) in [6.07, 6.45) is -0.271. The molecule has 1 heterocycles. The molecule has 10 heavy (non-hydrogen) atoms. The number of ether oxygens (including phenoxy) is 1. The number of carbonyl (C=O) groups excluding carboxylic acids is 3. The Balaban J connectivity index is 2.76. The molecule has 1 aliphatic rings. The first-order valence-electron chi connectivity index (χ1n) is 2.88. The van der Waals surface area contributed by atoms with Crippen LogP contribution in [0.25, 0.3) is 0 Å². The van der Waals surface area contributed by atoms with Gasteiger partial charge in [0.25, 0.3) is 0 Å². The predicted octanol–water partition coefficient (Wildman–Crippen LogP) is -0.335. The first-order valence-corrected chi connectivity index (χ1v) is 2.88. The minimum absolute atomic E-state index is 0.271. The monoisotopic (exact) mass is 142 g/mol. The Morgan fingerprint density at radius 1 is 1.40 bits per heavy atom. The molecule has 54 valence electrons. The van der Waals surface area contributed by atoms with Crippen molar-refractivity contribution in [3.05, 3.63) is 0 Å². The average molecular weight is 142 g/mol. The number of cyclic esters (lactones) is 2. The SMILES string of the molecule is CC1C(=O)CC(=O)OC1=O. The van der Waals surface area contributed by atoms with Crippen LogP contribution in [0.1, 0.15) is 13.3 Å². The Labute approximate surface area is 57.2 Å². The molecule has 4 heteroatoms. The standard InChI is InChI=1S/C6H6O4/c1-3-4(7)2-5(8)10-6(3)9/h3H,2H2,1H3. The van der Waals surface area contributed by atoms with Crippen LogP contribution in [-0.2, 0) is 19.1 Å². The van der Waals surface area contributed by atoms with Crippen LogP contribution < -0.4 is 0 Å². The lowest BCUT2D eigenvalue weighted by molar-refractivity contribution is -0.168. The molecule has 1 unspecified atom stereocenters. The Hall–Kier alpha value is -1.19. The quantitative estimate of drug-likeness (QED) is 0.343. The third-order valence-corrected chi connectivity index (χ3v) is 1.37. The molecule has 0 radical (unpaired) electrons. The van der Waals surface area contributed by atoms with Crippen LogP contribution >= 0.6 is 0 Å². The van der Waals surface area contributed by atoms with Gasteiger partial charge < -0.3 is 4.74 Å². The lowest BCUT2D eigenvalue weighted by Gasteiger charge is -2.13. The molecule has 1 saturated heterocycles. The van der Waals surface area contributed by atoms with Gasteiger partial charge in [0.1, 0.15) is 12.3 Å². The maximum atomic E-state index is 10.7. The van der Waals surface area contributed by atoms with Gasteiger partial charge in [-0.15, -0.1) is 0 Å². The molecule has 0 spiro atoms. The third-order valence-electron chi connectivity index (χ3n) is 1.37. The van der Waals surface area contributed by atoms with Crippen LogP contribution in [-0.4, -0.2) is 17.7 Å². The van der Waals surface area contributed by atoms with Crippen molar-refractivity contribution < 1.29 is 19.1 Å². The Morgan fingerprint density at radius 3 is 2.50 bits per heavy atom. The van der Waals surface area contributed by atoms with Crippen LogP contribution in [0.5, 0.6) is 0 Å². The predicted molar refractivity (Wildman–Crippen MR) is 29.9 cm³/mol. The summed E-state index contributed by atoms with van der Waals surface area (Å²) < 4.78 is 4.17. The van der Waals surface area contributed by atoms with E-state index in [0.29, 0.717) is 0 Å². The summed E-state index contributed by atoms with van der Waals surface area (Å²) in [6, 6.07) is 0. The molecular weight excluding hydrogens is 136 g/mol. The number of Topliss-reactive ketones (excluding diaryl/α,β-unsaturated/α-hetero) is 1. The molecule has 0 aromatic heterocycles. The van der Waals surface area contributed by atoms with Gasteiger partial charge in [0.2, 0.25) is 0 Å². The Morgan fingerprint density at radius 2 is 2.00 bits per heavy atom. The largest absolute Gasteiger partial charge is 0.392 e. The van der Waals surface area contributed by atoms with E-state index < -0.39 is 17.9 Å². The van der Waals surface area contributed by atoms with Crippen molar-refractivity contribution in [3.8, 4) is 0 Å². The second kappa shape index (κ2) is 2.21. The number of hydrogen-bond acceptors (Lipinski definition) is 4. The van der Waals surface area contributed by atoms with Crippen molar-refractivity contribution in [2.45, 2.75) is 13.3 Å². The summed E-state index contributed by atoms with van der Waals surface area (Å²) in [5.41, 5.74) is 0. The lowest BCUT2D eigenvalue weighted by Crippen LogP contribution is -2.33. The summed E-state index contributed by atoms with van der Waals surface area (Å²) in [5, 5.41) is 0. The molecule has 0 saturated carbocycles. The minimum atomic E-state index is -0.766. The van der Waals surface area contributed by atoms with E-state index >= 15 is 0 Å². The summed E-state index contributed by atoms with van der Waals surface area (Å²) in [7, 11) is 0. The van der Waals surface area contributed by atoms with E-state index in [2.05, 4.69) is 4.74 Å². The van der Waals surface area contributed by atoms with Gasteiger partial charge in [-0.05, 0) is 6.92 Å². The zero-order valence-electron chi connectivity index (χ0n) is 5.42. The highest BCUT2D eigenvalue weighted by atomic mass is 16.6. The van der Waals surface area contributed by atoms with Gasteiger partial charge in [0, 0.05) is 0 Å². The minimum Gasteiger partial charge on any atom is -0.392 e. The fourth-order valence-electron chi connectivity index (χ4n) is 0.663. The molecule has 0 amide bonds. The molecule has 1 fully saturated rings. The molecule has 0 bridgehead atoms. The van der Waals surface area contributed by atoms with E-state index in [0.717, 1.165) is 0 Å². The van der Waals surface area contributed by atoms with Crippen LogP contribution in [0.4, 0.5) is 0 Å². The van der Waals surface area contributed by atoms with Crippen LogP contribution in [0.3, 0.4) is 0 Å². The van der Waals surface area contributed by atoms with Crippen molar-refractivity contribution in [2.75, 3.05) is 0 Å². The topological polar surface area (TPSA) is 60.4 Å². The maximum absolute atomic E-state index is 10.7. The maximum Gasteiger partial charge on any atom is 0.323 e. The van der Waals surface area contributed by atoms with Gasteiger partial charge in [-0.2, -0.15) is 0 Å². The summed E-state index contributed by atoms with van der Waals surface area (Å²) in [5.74, 6) is -2.60. The molecule has 1 aliphatic heterocycles. The highest BCUT2D eigenvalue weighted by Crippen LogP contribution is 2.10. The molecule has 0 aromatic carbocycles. The van der Waals surface area contributed by atoms with Gasteiger partial charge in [0.05, 0.1) is 0 Å². The van der Waals surface area contributed by atoms with E-state index in [1.807, 2.05) is 0 Å². The number of hydrogen-bond donors (Lipinski definition) is 0. The molecule has 0 aliphatic carbocycles. The van der Waals surface area contributed by atoms with E-state index in [9.17, 15) is 14.4 Å². The summed E-state index contributed by atoms with van der Waals surface area (Å²) in [4.78, 5) is 31.6. The van der Waals surface area contributed by atoms with E-state index in [1.54, 1.807) is 0 Å². The number of rotatable bonds is 0. The number of esters is 2. The van der Waals surface area contributed by atoms with Gasteiger partial charge in [-0.3, -0.25) is 14.4 Å². The van der Waals surface area contributed by atoms with Gasteiger partial charge in [0.15, 0.2) is 5.78 Å². The second-order valence-corrected chi connectivity index (χ2v) is 2.16. The van der Waals surface area contributed by atoms with Crippen LogP contribution in [0.2, 0.25) is 0 Å². The van der Waals surface area contributed by atoms with Crippen molar-refractivity contribution in [1.29, 1.82) is 0 Å². The molecule has 1 rings (SSSR count). The van der Waals surface area contributed by atoms with Crippen LogP contribution in [0.15, 0.2) is 0 Å². The molecule has 4 nitrogen and oxygen atoms in total. The fraction of sp³-hybridized carbons (Fsp3) is 0.500. The lowest BCUT2D eigenvalue weighted by atomic mass is 10.0. The van der Waals surface area contributed by atoms with Crippen LogP contribution in [0, 0.1) is 5.92 Å². The molecule has 0 N–H and O–H groups in total. The van der Waals surface area contributed by atoms with E-state index in [-0.39, 0.29) is 12.2 Å². The molecular formula is C6H6O4. The van der Waals surface area contributed by atoms with Crippen molar-refractivity contribution >= 4 is 17.7 Å². The first-order chi connectivity index (χ1) is 4.61. The number of carbonyl (C=O) groups is 3. The number of ketones is 1. The molecule has 1 atom stereocenters. The molecule has 0 aromatic rings. The zero-order valence-corrected chi connectivity index (χ0v) is 5.42. The second-order valence-electron chi connectivity index (χ2n) is 2.16. The summed E-state index contributed by atoms with van der Waals surface area (Å²) >= 11 is 0. The average Bonchev–Trinajstić information content (AvgIpc) is 1.82. The van der Waals surface area contributed by atoms with Crippen molar-refractivity contribution in [1.82, 2.24) is 0 Å². The highest BCUT2D eigenvalue weighted by molar-refractivity contribution is 6.12. The van der Waals surface area contributed by atoms with Crippen molar-refractivity contribution in [2.24, 2.45) is 5.92 Å². The Bertz CT molecular complexity index is 186. The van der Waals surface area contributed by atoms with Gasteiger partial charge in [-0.1, -0.05) is 0 Å². The first kappa shape index (κ1) is 6.92. The normalized spacial score (nSPS) is 26.5. The smallest absolute Gasteiger partial charge is 0.323 e. The highest BCUT2D eigenvalue weighted by Gasteiger charge is 2.32. The third kappa shape index (κ3) is 1.05. The van der Waals surface area contributed by atoms with Crippen molar-refractivity contribution in [3.63, 3.8) is 0 Å². The Kier molecular flexibility index (Phi) is 1.53. The van der Waals surface area contributed by atoms with Gasteiger partial charge in [-0.25, -0.2) is 0 Å². The van der Waals surface area contributed by atoms with Gasteiger partial charge >= 0.3 is 11.9 Å².